The van der Waals surface area contributed by atoms with Crippen LogP contribution in [0.4, 0.5) is 0 Å². The first-order valence-electron chi connectivity index (χ1n) is 5.55. The summed E-state index contributed by atoms with van der Waals surface area (Å²) in [5, 5.41) is 0. The molecular weight excluding hydrogens is 200 g/mol. The lowest BCUT2D eigenvalue weighted by Crippen LogP contribution is -2.06. The molecule has 3 nitrogen and oxygen atoms in total. The number of carbonyl (C=O) groups is 1. The number of hydrogen-bond acceptors (Lipinski definition) is 2. The van der Waals surface area contributed by atoms with Crippen molar-refractivity contribution in [1.82, 2.24) is 9.38 Å². The molecule has 0 unspecified atom stereocenters. The maximum Gasteiger partial charge on any atom is 0.181 e. The van der Waals surface area contributed by atoms with Crippen LogP contribution >= 0.6 is 0 Å². The molecule has 2 aromatic rings. The highest BCUT2D eigenvalue weighted by Gasteiger charge is 2.13. The van der Waals surface area contributed by atoms with Gasteiger partial charge in [0.1, 0.15) is 11.3 Å². The quantitative estimate of drug-likeness (QED) is 0.739. The van der Waals surface area contributed by atoms with Gasteiger partial charge in [-0.25, -0.2) is 4.98 Å². The van der Waals surface area contributed by atoms with Crippen molar-refractivity contribution in [3.63, 3.8) is 0 Å². The molecule has 3 heteroatoms. The molecule has 0 aromatic carbocycles. The molecule has 0 aliphatic rings. The lowest BCUT2D eigenvalue weighted by molar-refractivity contribution is 0.0962. The van der Waals surface area contributed by atoms with Crippen LogP contribution in [0, 0.1) is 12.8 Å². The second-order valence-electron chi connectivity index (χ2n) is 4.60. The smallest absolute Gasteiger partial charge is 0.181 e. The minimum Gasteiger partial charge on any atom is -0.297 e. The Bertz CT molecular complexity index is 526. The molecule has 0 amide bonds. The number of aromatic nitrogens is 2. The second-order valence-corrected chi connectivity index (χ2v) is 4.60. The lowest BCUT2D eigenvalue weighted by Gasteiger charge is -2.03. The van der Waals surface area contributed by atoms with Crippen molar-refractivity contribution in [3.05, 3.63) is 35.8 Å². The fourth-order valence-electron chi connectivity index (χ4n) is 1.76. The molecule has 2 aromatic heterocycles. The molecular formula is C13H16N2O. The molecule has 0 aliphatic heterocycles. The van der Waals surface area contributed by atoms with Crippen LogP contribution in [0.15, 0.2) is 24.5 Å². The molecule has 84 valence electrons. The van der Waals surface area contributed by atoms with E-state index in [-0.39, 0.29) is 5.78 Å². The Labute approximate surface area is 95.1 Å². The third-order valence-electron chi connectivity index (χ3n) is 2.55. The van der Waals surface area contributed by atoms with Crippen molar-refractivity contribution in [2.24, 2.45) is 5.92 Å². The van der Waals surface area contributed by atoms with E-state index in [9.17, 15) is 4.79 Å². The number of carbonyl (C=O) groups excluding carboxylic acids is 1. The summed E-state index contributed by atoms with van der Waals surface area (Å²) >= 11 is 0. The Balaban J connectivity index is 2.42. The maximum atomic E-state index is 12.0. The van der Waals surface area contributed by atoms with Gasteiger partial charge in [0.2, 0.25) is 0 Å². The summed E-state index contributed by atoms with van der Waals surface area (Å²) in [6.07, 6.45) is 4.15. The molecule has 0 saturated carbocycles. The van der Waals surface area contributed by atoms with Crippen LogP contribution in [0.3, 0.4) is 0 Å². The highest BCUT2D eigenvalue weighted by atomic mass is 16.1. The summed E-state index contributed by atoms with van der Waals surface area (Å²) < 4.78 is 1.86. The number of rotatable bonds is 3. The molecule has 0 bridgehead atoms. The van der Waals surface area contributed by atoms with E-state index in [1.807, 2.05) is 43.5 Å². The van der Waals surface area contributed by atoms with Gasteiger partial charge in [0.15, 0.2) is 5.78 Å². The predicted molar refractivity (Wildman–Crippen MR) is 63.7 cm³/mol. The highest BCUT2D eigenvalue weighted by molar-refractivity contribution is 5.95. The summed E-state index contributed by atoms with van der Waals surface area (Å²) in [7, 11) is 0. The van der Waals surface area contributed by atoms with Crippen molar-refractivity contribution < 1.29 is 4.79 Å². The Morgan fingerprint density at radius 2 is 2.25 bits per heavy atom. The summed E-state index contributed by atoms with van der Waals surface area (Å²) in [5.74, 6) is 0.537. The average molecular weight is 216 g/mol. The second kappa shape index (κ2) is 4.08. The van der Waals surface area contributed by atoms with Gasteiger partial charge >= 0.3 is 0 Å². The zero-order valence-corrected chi connectivity index (χ0v) is 9.90. The summed E-state index contributed by atoms with van der Waals surface area (Å²) in [6, 6.07) is 3.97. The standard InChI is InChI=1S/C13H16N2O/c1-9(2)6-12(16)11-8-14-13-7-10(3)4-5-15(11)13/h4-5,7-9H,6H2,1-3H3. The van der Waals surface area contributed by atoms with Crippen LogP contribution in [-0.4, -0.2) is 15.2 Å². The SMILES string of the molecule is Cc1ccn2c(C(=O)CC(C)C)cnc2c1. The third kappa shape index (κ3) is 1.98. The number of fused-ring (bicyclic) bond motifs is 1. The lowest BCUT2D eigenvalue weighted by atomic mass is 10.1. The molecule has 2 heterocycles. The van der Waals surface area contributed by atoms with Crippen LogP contribution in [0.5, 0.6) is 0 Å². The molecule has 0 aliphatic carbocycles. The minimum absolute atomic E-state index is 0.159. The zero-order valence-electron chi connectivity index (χ0n) is 9.90. The predicted octanol–water partition coefficient (Wildman–Crippen LogP) is 2.87. The van der Waals surface area contributed by atoms with Crippen molar-refractivity contribution in [3.8, 4) is 0 Å². The zero-order chi connectivity index (χ0) is 11.7. The minimum atomic E-state index is 0.159. The first-order chi connectivity index (χ1) is 7.58. The Kier molecular flexibility index (Phi) is 2.77. The van der Waals surface area contributed by atoms with E-state index in [1.54, 1.807) is 6.20 Å². The van der Waals surface area contributed by atoms with Gasteiger partial charge in [0.25, 0.3) is 0 Å². The molecule has 0 fully saturated rings. The van der Waals surface area contributed by atoms with E-state index in [2.05, 4.69) is 4.98 Å². The van der Waals surface area contributed by atoms with Crippen LogP contribution in [0.25, 0.3) is 5.65 Å². The molecule has 0 saturated heterocycles. The van der Waals surface area contributed by atoms with Crippen molar-refractivity contribution in [1.29, 1.82) is 0 Å². The topological polar surface area (TPSA) is 34.4 Å². The number of ketones is 1. The van der Waals surface area contributed by atoms with Crippen LogP contribution in [0.2, 0.25) is 0 Å². The van der Waals surface area contributed by atoms with E-state index < -0.39 is 0 Å². The first-order valence-corrected chi connectivity index (χ1v) is 5.55. The average Bonchev–Trinajstić information content (AvgIpc) is 2.59. The molecule has 0 N–H and O–H groups in total. The van der Waals surface area contributed by atoms with Gasteiger partial charge < -0.3 is 0 Å². The fraction of sp³-hybridized carbons (Fsp3) is 0.385. The number of nitrogens with zero attached hydrogens (tertiary/aromatic N) is 2. The van der Waals surface area contributed by atoms with Crippen molar-refractivity contribution >= 4 is 11.4 Å². The number of hydrogen-bond donors (Lipinski definition) is 0. The van der Waals surface area contributed by atoms with Gasteiger partial charge in [-0.2, -0.15) is 0 Å². The Morgan fingerprint density at radius 3 is 2.94 bits per heavy atom. The fourth-order valence-corrected chi connectivity index (χ4v) is 1.76. The van der Waals surface area contributed by atoms with Crippen molar-refractivity contribution in [2.45, 2.75) is 27.2 Å². The first kappa shape index (κ1) is 10.9. The maximum absolute atomic E-state index is 12.0. The highest BCUT2D eigenvalue weighted by Crippen LogP contribution is 2.13. The number of Topliss-reactive ketones (excluding diaryl/α,β-unsaturated/α-hetero) is 1. The van der Waals surface area contributed by atoms with Crippen LogP contribution in [0.1, 0.15) is 36.3 Å². The molecule has 0 radical (unpaired) electrons. The van der Waals surface area contributed by atoms with Gasteiger partial charge in [0.05, 0.1) is 6.20 Å². The summed E-state index contributed by atoms with van der Waals surface area (Å²) in [4.78, 5) is 16.2. The van der Waals surface area contributed by atoms with E-state index in [0.29, 0.717) is 18.0 Å². The normalized spacial score (nSPS) is 11.2. The van der Waals surface area contributed by atoms with Gasteiger partial charge in [-0.05, 0) is 30.5 Å². The third-order valence-corrected chi connectivity index (χ3v) is 2.55. The molecule has 0 spiro atoms. The Hall–Kier alpha value is -1.64. The van der Waals surface area contributed by atoms with Gasteiger partial charge in [-0.15, -0.1) is 0 Å². The van der Waals surface area contributed by atoms with Crippen LogP contribution < -0.4 is 0 Å². The Morgan fingerprint density at radius 1 is 1.50 bits per heavy atom. The number of aryl methyl sites for hydroxylation is 1. The van der Waals surface area contributed by atoms with Gasteiger partial charge in [-0.3, -0.25) is 9.20 Å². The van der Waals surface area contributed by atoms with E-state index >= 15 is 0 Å². The van der Waals surface area contributed by atoms with E-state index in [1.165, 1.54) is 0 Å². The summed E-state index contributed by atoms with van der Waals surface area (Å²) in [5.41, 5.74) is 2.68. The summed E-state index contributed by atoms with van der Waals surface area (Å²) in [6.45, 7) is 6.11. The van der Waals surface area contributed by atoms with Crippen LogP contribution in [-0.2, 0) is 0 Å². The van der Waals surface area contributed by atoms with E-state index in [0.717, 1.165) is 11.2 Å². The van der Waals surface area contributed by atoms with Gasteiger partial charge in [0, 0.05) is 12.6 Å². The largest absolute Gasteiger partial charge is 0.297 e. The van der Waals surface area contributed by atoms with Crippen molar-refractivity contribution in [2.75, 3.05) is 0 Å². The number of imidazole rings is 1. The number of pyridine rings is 1. The molecule has 16 heavy (non-hydrogen) atoms. The monoisotopic (exact) mass is 216 g/mol. The van der Waals surface area contributed by atoms with E-state index in [4.69, 9.17) is 0 Å². The molecule has 2 rings (SSSR count). The van der Waals surface area contributed by atoms with Gasteiger partial charge in [-0.1, -0.05) is 13.8 Å². The molecule has 0 atom stereocenters.